The van der Waals surface area contributed by atoms with E-state index in [1.807, 2.05) is 16.7 Å². The van der Waals surface area contributed by atoms with Crippen LogP contribution in [0.5, 0.6) is 0 Å². The molecule has 1 aromatic heterocycles. The number of allylic oxidation sites excluding steroid dienone is 2. The third kappa shape index (κ3) is 2.60. The number of ketones is 1. The van der Waals surface area contributed by atoms with Crippen LogP contribution in [0, 0.1) is 5.82 Å². The van der Waals surface area contributed by atoms with Crippen molar-refractivity contribution >= 4 is 23.8 Å². The molecule has 1 amide bonds. The first-order valence-electron chi connectivity index (χ1n) is 8.81. The molecule has 0 radical (unpaired) electrons. The second kappa shape index (κ2) is 6.41. The van der Waals surface area contributed by atoms with E-state index in [2.05, 4.69) is 12.2 Å². The van der Waals surface area contributed by atoms with Crippen LogP contribution in [0.15, 0.2) is 30.4 Å². The fourth-order valence-corrected chi connectivity index (χ4v) is 3.81. The highest BCUT2D eigenvalue weighted by atomic mass is 19.1. The fraction of sp³-hybridized carbons (Fsp3) is 0.238. The molecular formula is C21H19FN2O2. The Hall–Kier alpha value is -2.95. The zero-order valence-electron chi connectivity index (χ0n) is 14.3. The van der Waals surface area contributed by atoms with Crippen molar-refractivity contribution in [3.63, 3.8) is 0 Å². The number of primary amides is 1. The lowest BCUT2D eigenvalue weighted by Gasteiger charge is -2.16. The van der Waals surface area contributed by atoms with Crippen molar-refractivity contribution in [1.29, 1.82) is 0 Å². The van der Waals surface area contributed by atoms with Gasteiger partial charge in [0.25, 0.3) is 0 Å². The van der Waals surface area contributed by atoms with E-state index in [1.165, 1.54) is 6.07 Å². The number of amides is 1. The van der Waals surface area contributed by atoms with Crippen LogP contribution >= 0.6 is 0 Å². The van der Waals surface area contributed by atoms with Gasteiger partial charge in [0.1, 0.15) is 5.82 Å². The van der Waals surface area contributed by atoms with Gasteiger partial charge in [-0.25, -0.2) is 4.39 Å². The van der Waals surface area contributed by atoms with Gasteiger partial charge in [-0.1, -0.05) is 24.3 Å². The Kier molecular flexibility index (Phi) is 4.07. The Morgan fingerprint density at radius 2 is 2.04 bits per heavy atom. The van der Waals surface area contributed by atoms with Crippen molar-refractivity contribution in [3.05, 3.63) is 63.6 Å². The van der Waals surface area contributed by atoms with Crippen molar-refractivity contribution in [2.75, 3.05) is 0 Å². The van der Waals surface area contributed by atoms with Crippen molar-refractivity contribution in [2.45, 2.75) is 32.1 Å². The summed E-state index contributed by atoms with van der Waals surface area (Å²) in [7, 11) is 0. The number of rotatable bonds is 2. The lowest BCUT2D eigenvalue weighted by molar-refractivity contribution is 0.0969. The predicted molar refractivity (Wildman–Crippen MR) is 98.1 cm³/mol. The molecular weight excluding hydrogens is 331 g/mol. The van der Waals surface area contributed by atoms with Gasteiger partial charge in [-0.15, -0.1) is 0 Å². The number of carbonyl (C=O) groups excluding carboxylic acids is 2. The van der Waals surface area contributed by atoms with E-state index in [4.69, 9.17) is 5.73 Å². The fourth-order valence-electron chi connectivity index (χ4n) is 3.81. The normalized spacial score (nSPS) is 19.8. The standard InChI is InChI=1S/C21H19FN2O2/c22-15-12-13(21(23)26)10-11-17(15)24-16-7-4-2-1-3-6-14(16)20-18(24)8-5-9-19(20)25/h1,3,6-7,10-12H,2,4-5,8-9H2,(H2,23,26)/b3-1-,14-6+,16-7+. The van der Waals surface area contributed by atoms with Gasteiger partial charge < -0.3 is 10.3 Å². The number of halogens is 1. The average Bonchev–Trinajstić information content (AvgIpc) is 2.88. The molecule has 0 saturated heterocycles. The van der Waals surface area contributed by atoms with Gasteiger partial charge in [0, 0.05) is 33.8 Å². The molecule has 2 aliphatic rings. The molecule has 5 heteroatoms. The van der Waals surface area contributed by atoms with Crippen LogP contribution in [0.1, 0.15) is 52.1 Å². The summed E-state index contributed by atoms with van der Waals surface area (Å²) >= 11 is 0. The maximum absolute atomic E-state index is 14.8. The number of hydrogen-bond donors (Lipinski definition) is 1. The smallest absolute Gasteiger partial charge is 0.248 e. The number of hydrogen-bond acceptors (Lipinski definition) is 2. The van der Waals surface area contributed by atoms with E-state index in [9.17, 15) is 14.0 Å². The molecule has 2 N–H and O–H groups in total. The molecule has 0 atom stereocenters. The Balaban J connectivity index is 2.07. The quantitative estimate of drug-likeness (QED) is 0.902. The molecule has 2 aromatic rings. The second-order valence-corrected chi connectivity index (χ2v) is 6.64. The molecule has 2 aliphatic carbocycles. The van der Waals surface area contributed by atoms with Crippen molar-refractivity contribution in [2.24, 2.45) is 5.73 Å². The van der Waals surface area contributed by atoms with Gasteiger partial charge >= 0.3 is 0 Å². The topological polar surface area (TPSA) is 65.1 Å². The van der Waals surface area contributed by atoms with Crippen LogP contribution in [0.25, 0.3) is 17.8 Å². The minimum Gasteiger partial charge on any atom is -0.366 e. The summed E-state index contributed by atoms with van der Waals surface area (Å²) < 4.78 is 16.7. The molecule has 1 heterocycles. The molecule has 0 aliphatic heterocycles. The number of fused-ring (bicyclic) bond motifs is 3. The summed E-state index contributed by atoms with van der Waals surface area (Å²) in [6.07, 6.45) is 11.7. The van der Waals surface area contributed by atoms with Crippen LogP contribution in [0.4, 0.5) is 4.39 Å². The largest absolute Gasteiger partial charge is 0.366 e. The Morgan fingerprint density at radius 1 is 1.19 bits per heavy atom. The number of Topliss-reactive ketones (excluding diaryl/α,β-unsaturated/α-hetero) is 1. The Bertz CT molecular complexity index is 1080. The lowest BCUT2D eigenvalue weighted by atomic mass is 9.95. The highest BCUT2D eigenvalue weighted by Crippen LogP contribution is 2.23. The minimum absolute atomic E-state index is 0.106. The average molecular weight is 350 g/mol. The summed E-state index contributed by atoms with van der Waals surface area (Å²) in [5.41, 5.74) is 7.28. The molecule has 4 rings (SSSR count). The van der Waals surface area contributed by atoms with Crippen LogP contribution in [-0.4, -0.2) is 16.3 Å². The van der Waals surface area contributed by atoms with E-state index in [1.54, 1.807) is 6.07 Å². The predicted octanol–water partition coefficient (Wildman–Crippen LogP) is 2.15. The van der Waals surface area contributed by atoms with Crippen LogP contribution in [-0.2, 0) is 6.42 Å². The maximum atomic E-state index is 14.8. The molecule has 0 saturated carbocycles. The van der Waals surface area contributed by atoms with E-state index in [-0.39, 0.29) is 11.3 Å². The van der Waals surface area contributed by atoms with Crippen molar-refractivity contribution in [3.8, 4) is 5.69 Å². The van der Waals surface area contributed by atoms with Crippen molar-refractivity contribution < 1.29 is 14.0 Å². The third-order valence-electron chi connectivity index (χ3n) is 4.98. The molecule has 132 valence electrons. The van der Waals surface area contributed by atoms with Crippen LogP contribution in [0.3, 0.4) is 0 Å². The van der Waals surface area contributed by atoms with Crippen LogP contribution < -0.4 is 16.3 Å². The molecule has 0 unspecified atom stereocenters. The zero-order valence-corrected chi connectivity index (χ0v) is 14.3. The molecule has 0 bridgehead atoms. The van der Waals surface area contributed by atoms with E-state index < -0.39 is 11.7 Å². The number of benzene rings is 1. The zero-order chi connectivity index (χ0) is 18.3. The first-order chi connectivity index (χ1) is 12.6. The van der Waals surface area contributed by atoms with Gasteiger partial charge in [-0.3, -0.25) is 9.59 Å². The highest BCUT2D eigenvalue weighted by molar-refractivity contribution is 5.99. The SMILES string of the molecule is NC(=O)c1ccc(-n2c3c(c4/c2=C\CC/C=C\C=4)C(=O)CCC3)c(F)c1. The van der Waals surface area contributed by atoms with Crippen molar-refractivity contribution in [1.82, 2.24) is 4.57 Å². The summed E-state index contributed by atoms with van der Waals surface area (Å²) in [6.45, 7) is 0. The first kappa shape index (κ1) is 16.5. The van der Waals surface area contributed by atoms with Gasteiger partial charge in [-0.2, -0.15) is 0 Å². The monoisotopic (exact) mass is 350 g/mol. The lowest BCUT2D eigenvalue weighted by Crippen LogP contribution is -2.31. The van der Waals surface area contributed by atoms with E-state index in [0.717, 1.165) is 48.0 Å². The summed E-state index contributed by atoms with van der Waals surface area (Å²) in [6, 6.07) is 4.25. The van der Waals surface area contributed by atoms with Crippen LogP contribution in [0.2, 0.25) is 0 Å². The van der Waals surface area contributed by atoms with E-state index in [0.29, 0.717) is 17.7 Å². The summed E-state index contributed by atoms with van der Waals surface area (Å²) in [4.78, 5) is 23.9. The maximum Gasteiger partial charge on any atom is 0.248 e. The highest BCUT2D eigenvalue weighted by Gasteiger charge is 2.26. The summed E-state index contributed by atoms with van der Waals surface area (Å²) in [5.74, 6) is -1.08. The number of nitrogens with zero attached hydrogens (tertiary/aromatic N) is 1. The van der Waals surface area contributed by atoms with Gasteiger partial charge in [0.2, 0.25) is 5.91 Å². The first-order valence-corrected chi connectivity index (χ1v) is 8.81. The summed E-state index contributed by atoms with van der Waals surface area (Å²) in [5, 5.41) is 1.71. The molecule has 0 spiro atoms. The van der Waals surface area contributed by atoms with Gasteiger partial charge in [-0.05, 0) is 43.9 Å². The molecule has 4 nitrogen and oxygen atoms in total. The van der Waals surface area contributed by atoms with Gasteiger partial charge in [0.15, 0.2) is 5.78 Å². The number of nitrogens with two attached hydrogens (primary N) is 1. The third-order valence-corrected chi connectivity index (χ3v) is 4.98. The number of carbonyl (C=O) groups is 2. The molecule has 26 heavy (non-hydrogen) atoms. The Morgan fingerprint density at radius 3 is 2.81 bits per heavy atom. The molecule has 1 aromatic carbocycles. The second-order valence-electron chi connectivity index (χ2n) is 6.64. The van der Waals surface area contributed by atoms with E-state index >= 15 is 0 Å². The Labute approximate surface area is 150 Å². The van der Waals surface area contributed by atoms with Gasteiger partial charge in [0.05, 0.1) is 5.69 Å². The minimum atomic E-state index is -0.666. The molecule has 0 fully saturated rings. The number of aromatic nitrogens is 1.